The van der Waals surface area contributed by atoms with Gasteiger partial charge in [-0.3, -0.25) is 14.4 Å². The van der Waals surface area contributed by atoms with Crippen molar-refractivity contribution in [3.8, 4) is 11.4 Å². The molecule has 2 saturated heterocycles. The maximum atomic E-state index is 13.7. The molecule has 3 aliphatic rings. The van der Waals surface area contributed by atoms with Gasteiger partial charge in [0.2, 0.25) is 5.95 Å². The summed E-state index contributed by atoms with van der Waals surface area (Å²) in [5, 5.41) is 24.7. The predicted octanol–water partition coefficient (Wildman–Crippen LogP) is 6.72. The summed E-state index contributed by atoms with van der Waals surface area (Å²) in [5.41, 5.74) is 4.29. The van der Waals surface area contributed by atoms with Gasteiger partial charge in [0.05, 0.1) is 43.5 Å². The lowest BCUT2D eigenvalue weighted by atomic mass is 9.85. The molecule has 0 radical (unpaired) electrons. The molecular formula is C39H50N10O4. The SMILES string of the molecule is CC(C)(C)c1cc(NC(=O)N[C@H]2CC[C@@H](Oc3ccc4nnc(N5CCCCC5)n4c3)c3ccccc32)n(-c2cnn(CCOC3CCCCO3)c2)n1. The summed E-state index contributed by atoms with van der Waals surface area (Å²) in [6, 6.07) is 13.6. The van der Waals surface area contributed by atoms with Crippen molar-refractivity contribution in [3.05, 3.63) is 77.9 Å². The van der Waals surface area contributed by atoms with Crippen LogP contribution in [0.15, 0.2) is 61.1 Å². The third kappa shape index (κ3) is 7.88. The number of rotatable bonds is 10. The van der Waals surface area contributed by atoms with E-state index in [2.05, 4.69) is 63.7 Å². The Morgan fingerprint density at radius 1 is 0.962 bits per heavy atom. The van der Waals surface area contributed by atoms with Crippen molar-refractivity contribution < 1.29 is 19.0 Å². The van der Waals surface area contributed by atoms with Gasteiger partial charge in [-0.1, -0.05) is 45.0 Å². The molecule has 0 bridgehead atoms. The maximum absolute atomic E-state index is 13.7. The first-order chi connectivity index (χ1) is 25.8. The lowest BCUT2D eigenvalue weighted by Crippen LogP contribution is -2.36. The summed E-state index contributed by atoms with van der Waals surface area (Å²) >= 11 is 0. The van der Waals surface area contributed by atoms with Crippen molar-refractivity contribution in [2.24, 2.45) is 0 Å². The highest BCUT2D eigenvalue weighted by Gasteiger charge is 2.30. The minimum Gasteiger partial charge on any atom is -0.484 e. The molecule has 2 N–H and O–H groups in total. The summed E-state index contributed by atoms with van der Waals surface area (Å²) in [6.07, 6.45) is 13.5. The molecule has 3 atom stereocenters. The number of pyridine rings is 1. The van der Waals surface area contributed by atoms with Gasteiger partial charge in [-0.25, -0.2) is 9.48 Å². The molecule has 2 amide bonds. The summed E-state index contributed by atoms with van der Waals surface area (Å²) < 4.78 is 23.9. The Balaban J connectivity index is 0.946. The minimum absolute atomic E-state index is 0.142. The number of nitrogens with one attached hydrogen (secondary N) is 2. The van der Waals surface area contributed by atoms with Gasteiger partial charge < -0.3 is 24.4 Å². The molecule has 1 aliphatic carbocycles. The van der Waals surface area contributed by atoms with Crippen LogP contribution < -0.4 is 20.3 Å². The maximum Gasteiger partial charge on any atom is 0.320 e. The molecule has 6 heterocycles. The van der Waals surface area contributed by atoms with Crippen LogP contribution in [0.25, 0.3) is 11.3 Å². The number of ether oxygens (including phenoxy) is 3. The van der Waals surface area contributed by atoms with Gasteiger partial charge in [-0.2, -0.15) is 10.2 Å². The van der Waals surface area contributed by atoms with E-state index in [0.717, 1.165) is 104 Å². The quantitative estimate of drug-likeness (QED) is 0.161. The van der Waals surface area contributed by atoms with Crippen LogP contribution in [-0.2, 0) is 21.4 Å². The van der Waals surface area contributed by atoms with Crippen LogP contribution in [-0.4, -0.2) is 72.8 Å². The number of urea groups is 1. The first kappa shape index (κ1) is 35.1. The third-order valence-electron chi connectivity index (χ3n) is 10.4. The second kappa shape index (κ2) is 15.2. The fourth-order valence-electron chi connectivity index (χ4n) is 7.47. The number of hydrogen-bond donors (Lipinski definition) is 2. The second-order valence-corrected chi connectivity index (χ2v) is 15.3. The summed E-state index contributed by atoms with van der Waals surface area (Å²) in [5.74, 6) is 2.19. The summed E-state index contributed by atoms with van der Waals surface area (Å²) in [7, 11) is 0. The molecule has 1 aromatic carbocycles. The fourth-order valence-corrected chi connectivity index (χ4v) is 7.47. The van der Waals surface area contributed by atoms with Crippen molar-refractivity contribution in [2.75, 3.05) is 36.5 Å². The van der Waals surface area contributed by atoms with Crippen molar-refractivity contribution in [2.45, 2.75) is 103 Å². The predicted molar refractivity (Wildman–Crippen MR) is 201 cm³/mol. The zero-order chi connectivity index (χ0) is 36.4. The van der Waals surface area contributed by atoms with Gasteiger partial charge in [0.15, 0.2) is 11.9 Å². The van der Waals surface area contributed by atoms with E-state index in [4.69, 9.17) is 19.3 Å². The topological polar surface area (TPSA) is 138 Å². The van der Waals surface area contributed by atoms with Gasteiger partial charge >= 0.3 is 6.03 Å². The number of aromatic nitrogens is 7. The Kier molecular flexibility index (Phi) is 10.1. The van der Waals surface area contributed by atoms with Crippen LogP contribution in [0.3, 0.4) is 0 Å². The Morgan fingerprint density at radius 2 is 1.81 bits per heavy atom. The number of nitrogens with zero attached hydrogens (tertiary/aromatic N) is 8. The number of hydrogen-bond acceptors (Lipinski definition) is 9. The van der Waals surface area contributed by atoms with Gasteiger partial charge in [-0.05, 0) is 74.6 Å². The smallest absolute Gasteiger partial charge is 0.320 e. The summed E-state index contributed by atoms with van der Waals surface area (Å²) in [6.45, 7) is 10.1. The molecule has 14 heteroatoms. The zero-order valence-electron chi connectivity index (χ0n) is 30.9. The zero-order valence-corrected chi connectivity index (χ0v) is 30.9. The molecule has 0 saturated carbocycles. The van der Waals surface area contributed by atoms with Crippen molar-refractivity contribution in [1.29, 1.82) is 0 Å². The molecule has 8 rings (SSSR count). The molecule has 14 nitrogen and oxygen atoms in total. The molecule has 2 aliphatic heterocycles. The van der Waals surface area contributed by atoms with E-state index in [1.165, 1.54) is 6.42 Å². The van der Waals surface area contributed by atoms with E-state index in [9.17, 15) is 4.79 Å². The second-order valence-electron chi connectivity index (χ2n) is 15.3. The van der Waals surface area contributed by atoms with Crippen LogP contribution in [0.1, 0.15) is 101 Å². The van der Waals surface area contributed by atoms with E-state index < -0.39 is 0 Å². The van der Waals surface area contributed by atoms with Gasteiger partial charge in [0.1, 0.15) is 23.4 Å². The number of carbonyl (C=O) groups is 1. The molecule has 4 aromatic heterocycles. The highest BCUT2D eigenvalue weighted by molar-refractivity contribution is 5.89. The molecule has 0 spiro atoms. The monoisotopic (exact) mass is 722 g/mol. The first-order valence-corrected chi connectivity index (χ1v) is 19.1. The normalized spacial score (nSPS) is 20.7. The van der Waals surface area contributed by atoms with E-state index >= 15 is 0 Å². The molecule has 2 fully saturated rings. The Labute approximate surface area is 309 Å². The van der Waals surface area contributed by atoms with E-state index in [1.54, 1.807) is 10.9 Å². The van der Waals surface area contributed by atoms with E-state index in [1.807, 2.05) is 51.8 Å². The number of piperidine rings is 1. The van der Waals surface area contributed by atoms with Crippen molar-refractivity contribution in [1.82, 2.24) is 39.5 Å². The molecule has 5 aromatic rings. The Bertz CT molecular complexity index is 2020. The van der Waals surface area contributed by atoms with Crippen molar-refractivity contribution in [3.63, 3.8) is 0 Å². The Hall–Kier alpha value is -4.95. The van der Waals surface area contributed by atoms with Gasteiger partial charge in [0, 0.05) is 31.2 Å². The molecule has 1 unspecified atom stereocenters. The van der Waals surface area contributed by atoms with Crippen LogP contribution in [0.5, 0.6) is 5.75 Å². The van der Waals surface area contributed by atoms with Crippen LogP contribution >= 0.6 is 0 Å². The number of anilines is 2. The molecule has 53 heavy (non-hydrogen) atoms. The molecular weight excluding hydrogens is 672 g/mol. The Morgan fingerprint density at radius 3 is 2.62 bits per heavy atom. The average molecular weight is 723 g/mol. The number of fused-ring (bicyclic) bond motifs is 2. The number of amides is 2. The van der Waals surface area contributed by atoms with Crippen LogP contribution in [0, 0.1) is 0 Å². The number of benzene rings is 1. The lowest BCUT2D eigenvalue weighted by Gasteiger charge is -2.32. The van der Waals surface area contributed by atoms with E-state index in [0.29, 0.717) is 19.0 Å². The van der Waals surface area contributed by atoms with Gasteiger partial charge in [-0.15, -0.1) is 10.2 Å². The standard InChI is InChI=1S/C39H50N10O4/c1-39(2,3)33-23-35(49(45-33)27-24-40-47(25-27)20-22-52-36-13-7-10-21-51-36)42-37(50)41-31-15-16-32(30-12-6-5-11-29(30)31)53-28-14-17-34-43-44-38(48(34)26-28)46-18-8-4-9-19-46/h5-6,11-12,14,17,23-26,31-32,36H,4,7-10,13,15-16,18-22H2,1-3H3,(H2,41,42,50)/t31-,32+,36?/m0/s1. The highest BCUT2D eigenvalue weighted by atomic mass is 16.7. The fraction of sp³-hybridized carbons (Fsp3) is 0.513. The van der Waals surface area contributed by atoms with Crippen LogP contribution in [0.4, 0.5) is 16.6 Å². The first-order valence-electron chi connectivity index (χ1n) is 19.1. The van der Waals surface area contributed by atoms with Crippen LogP contribution in [0.2, 0.25) is 0 Å². The lowest BCUT2D eigenvalue weighted by molar-refractivity contribution is -0.163. The van der Waals surface area contributed by atoms with Crippen molar-refractivity contribution >= 4 is 23.4 Å². The van der Waals surface area contributed by atoms with E-state index in [-0.39, 0.29) is 29.9 Å². The largest absolute Gasteiger partial charge is 0.484 e. The average Bonchev–Trinajstić information content (AvgIpc) is 3.92. The van der Waals surface area contributed by atoms with Gasteiger partial charge in [0.25, 0.3) is 0 Å². The molecule has 280 valence electrons. The third-order valence-corrected chi connectivity index (χ3v) is 10.4. The highest BCUT2D eigenvalue weighted by Crippen LogP contribution is 2.39. The summed E-state index contributed by atoms with van der Waals surface area (Å²) in [4.78, 5) is 16.0. The minimum atomic E-state index is -0.303. The number of carbonyl (C=O) groups excluding carboxylic acids is 1.